The fourth-order valence-corrected chi connectivity index (χ4v) is 5.04. The van der Waals surface area contributed by atoms with Gasteiger partial charge in [-0.1, -0.05) is 10.3 Å². The van der Waals surface area contributed by atoms with E-state index in [0.29, 0.717) is 10.6 Å². The lowest BCUT2D eigenvalue weighted by atomic mass is 10.1. The zero-order valence-corrected chi connectivity index (χ0v) is 15.1. The summed E-state index contributed by atoms with van der Waals surface area (Å²) in [4.78, 5) is 4.78. The van der Waals surface area contributed by atoms with Crippen LogP contribution in [0.4, 0.5) is 0 Å². The molecule has 0 spiro atoms. The molecule has 0 bridgehead atoms. The van der Waals surface area contributed by atoms with Crippen molar-refractivity contribution in [3.05, 3.63) is 59.0 Å². The summed E-state index contributed by atoms with van der Waals surface area (Å²) < 4.78 is 31.2. The van der Waals surface area contributed by atoms with Crippen molar-refractivity contribution in [2.75, 3.05) is 7.11 Å². The third-order valence-electron chi connectivity index (χ3n) is 4.35. The molecule has 0 aliphatic carbocycles. The number of nitrogens with zero attached hydrogens (tertiary/aromatic N) is 2. The molecule has 1 unspecified atom stereocenters. The lowest BCUT2D eigenvalue weighted by molar-refractivity contribution is 0.410. The fraction of sp³-hybridized carbons (Fsp3) is 0.278. The van der Waals surface area contributed by atoms with Crippen molar-refractivity contribution in [1.82, 2.24) is 9.38 Å². The highest BCUT2D eigenvalue weighted by atomic mass is 32.3. The molecule has 3 aromatic rings. The lowest BCUT2D eigenvalue weighted by Gasteiger charge is -2.15. The molecule has 2 heterocycles. The van der Waals surface area contributed by atoms with Crippen molar-refractivity contribution >= 4 is 15.9 Å². The first-order chi connectivity index (χ1) is 11.3. The maximum Gasteiger partial charge on any atom is 0.254 e. The van der Waals surface area contributed by atoms with E-state index in [-0.39, 0.29) is 5.75 Å². The zero-order chi connectivity index (χ0) is 17.5. The molecule has 0 aliphatic rings. The monoisotopic (exact) mass is 345 g/mol. The molecule has 0 aliphatic heterocycles. The Morgan fingerprint density at radius 3 is 2.71 bits per heavy atom. The van der Waals surface area contributed by atoms with Gasteiger partial charge in [0.1, 0.15) is 11.4 Å². The van der Waals surface area contributed by atoms with E-state index in [1.165, 1.54) is 0 Å². The van der Waals surface area contributed by atoms with E-state index in [4.69, 9.17) is 4.74 Å². The molecule has 3 rings (SSSR count). The standard InChI is InChI=1S/C18H20N2O3S/c1-12-9-16(23-4)13(2)14(3)18(12)24(21,22)11-15-10-19-17-7-5-6-8-20(15)17/h5-10H,11H2,1-4H3/p+1. The van der Waals surface area contributed by atoms with Crippen LogP contribution < -0.4 is 4.74 Å². The maximum absolute atomic E-state index is 13.2. The fourth-order valence-electron chi connectivity index (χ4n) is 3.09. The zero-order valence-electron chi connectivity index (χ0n) is 14.2. The van der Waals surface area contributed by atoms with Gasteiger partial charge in [-0.05, 0) is 44.5 Å². The highest BCUT2D eigenvalue weighted by Gasteiger charge is 2.36. The lowest BCUT2D eigenvalue weighted by Crippen LogP contribution is -2.18. The van der Waals surface area contributed by atoms with Gasteiger partial charge in [-0.15, -0.1) is 0 Å². The van der Waals surface area contributed by atoms with Crippen molar-refractivity contribution in [2.24, 2.45) is 0 Å². The van der Waals surface area contributed by atoms with Crippen molar-refractivity contribution in [3.8, 4) is 5.75 Å². The van der Waals surface area contributed by atoms with Gasteiger partial charge in [-0.3, -0.25) is 4.40 Å². The van der Waals surface area contributed by atoms with Crippen LogP contribution in [0.2, 0.25) is 0 Å². The van der Waals surface area contributed by atoms with Gasteiger partial charge < -0.3 is 4.74 Å². The molecule has 24 heavy (non-hydrogen) atoms. The molecule has 126 valence electrons. The first-order valence-electron chi connectivity index (χ1n) is 7.65. The van der Waals surface area contributed by atoms with Crippen LogP contribution in [-0.2, 0) is 20.2 Å². The molecule has 1 N–H and O–H groups in total. The Morgan fingerprint density at radius 1 is 1.25 bits per heavy atom. The van der Waals surface area contributed by atoms with Crippen LogP contribution in [-0.4, -0.2) is 21.0 Å². The van der Waals surface area contributed by atoms with Gasteiger partial charge >= 0.3 is 0 Å². The number of methoxy groups -OCH3 is 1. The van der Waals surface area contributed by atoms with Gasteiger partial charge in [0.15, 0.2) is 10.6 Å². The van der Waals surface area contributed by atoms with Gasteiger partial charge in [-0.25, -0.2) is 4.98 Å². The highest BCUT2D eigenvalue weighted by Crippen LogP contribution is 2.34. The number of aryl methyl sites for hydroxylation is 1. The topological polar surface area (TPSA) is 63.8 Å². The van der Waals surface area contributed by atoms with Gasteiger partial charge in [0, 0.05) is 17.3 Å². The van der Waals surface area contributed by atoms with Gasteiger partial charge in [0.25, 0.3) is 10.2 Å². The van der Waals surface area contributed by atoms with E-state index in [2.05, 4.69) is 4.98 Å². The minimum atomic E-state index is -3.25. The van der Waals surface area contributed by atoms with Gasteiger partial charge in [-0.2, -0.15) is 4.55 Å². The minimum absolute atomic E-state index is 0.0195. The second-order valence-corrected chi connectivity index (χ2v) is 7.92. The Hall–Kier alpha value is -2.18. The summed E-state index contributed by atoms with van der Waals surface area (Å²) in [6, 6.07) is 7.47. The van der Waals surface area contributed by atoms with Crippen LogP contribution in [0.25, 0.3) is 5.65 Å². The van der Waals surface area contributed by atoms with E-state index in [9.17, 15) is 8.76 Å². The summed E-state index contributed by atoms with van der Waals surface area (Å²) in [6.07, 6.45) is 3.51. The Morgan fingerprint density at radius 2 is 2.00 bits per heavy atom. The van der Waals surface area contributed by atoms with Crippen molar-refractivity contribution in [1.29, 1.82) is 0 Å². The Labute approximate surface area is 142 Å². The van der Waals surface area contributed by atoms with Crippen LogP contribution >= 0.6 is 0 Å². The largest absolute Gasteiger partial charge is 0.496 e. The predicted octanol–water partition coefficient (Wildman–Crippen LogP) is 3.80. The SMILES string of the molecule is COc1cc(C)c([S+](=O)(O)Cc2cnc3ccccn23)c(C)c1C. The van der Waals surface area contributed by atoms with E-state index < -0.39 is 10.2 Å². The number of hydrogen-bond acceptors (Lipinski definition) is 3. The second-order valence-electron chi connectivity index (χ2n) is 5.94. The number of imidazole rings is 1. The van der Waals surface area contributed by atoms with Crippen LogP contribution in [0.3, 0.4) is 0 Å². The molecule has 2 aromatic heterocycles. The summed E-state index contributed by atoms with van der Waals surface area (Å²) in [6.45, 7) is 5.61. The predicted molar refractivity (Wildman–Crippen MR) is 95.0 cm³/mol. The van der Waals surface area contributed by atoms with Gasteiger partial charge in [0.05, 0.1) is 19.0 Å². The van der Waals surface area contributed by atoms with Crippen LogP contribution in [0, 0.1) is 20.8 Å². The summed E-state index contributed by atoms with van der Waals surface area (Å²) in [5.41, 5.74) is 3.93. The van der Waals surface area contributed by atoms with Crippen LogP contribution in [0.5, 0.6) is 5.75 Å². The number of benzene rings is 1. The molecule has 1 atom stereocenters. The number of rotatable bonds is 4. The summed E-state index contributed by atoms with van der Waals surface area (Å²) in [7, 11) is -1.64. The molecule has 0 saturated carbocycles. The molecule has 0 saturated heterocycles. The maximum atomic E-state index is 13.2. The van der Waals surface area contributed by atoms with Crippen molar-refractivity contribution < 1.29 is 13.5 Å². The molecule has 6 heteroatoms. The van der Waals surface area contributed by atoms with Crippen LogP contribution in [0.1, 0.15) is 22.4 Å². The summed E-state index contributed by atoms with van der Waals surface area (Å²) in [5, 5.41) is 0. The molecule has 0 amide bonds. The summed E-state index contributed by atoms with van der Waals surface area (Å²) in [5.74, 6) is 0.754. The van der Waals surface area contributed by atoms with Crippen molar-refractivity contribution in [2.45, 2.75) is 31.4 Å². The van der Waals surface area contributed by atoms with Gasteiger partial charge in [0.2, 0.25) is 0 Å². The Bertz CT molecular complexity index is 962. The Balaban J connectivity index is 2.08. The molecule has 0 fully saturated rings. The van der Waals surface area contributed by atoms with E-state index in [1.807, 2.05) is 55.6 Å². The molecule has 0 radical (unpaired) electrons. The second kappa shape index (κ2) is 6.03. The number of fused-ring (bicyclic) bond motifs is 1. The van der Waals surface area contributed by atoms with Crippen LogP contribution in [0.15, 0.2) is 41.6 Å². The average Bonchev–Trinajstić information content (AvgIpc) is 2.93. The number of pyridine rings is 1. The summed E-state index contributed by atoms with van der Waals surface area (Å²) >= 11 is 0. The smallest absolute Gasteiger partial charge is 0.254 e. The number of aromatic nitrogens is 2. The minimum Gasteiger partial charge on any atom is -0.496 e. The third kappa shape index (κ3) is 2.72. The molecular formula is C18H21N2O3S+. The van der Waals surface area contributed by atoms with E-state index >= 15 is 0 Å². The normalized spacial score (nSPS) is 13.9. The first kappa shape index (κ1) is 16.7. The average molecular weight is 345 g/mol. The van der Waals surface area contributed by atoms with E-state index in [1.54, 1.807) is 13.3 Å². The first-order valence-corrected chi connectivity index (χ1v) is 9.33. The quantitative estimate of drug-likeness (QED) is 0.731. The van der Waals surface area contributed by atoms with E-state index in [0.717, 1.165) is 28.1 Å². The number of ether oxygens (including phenoxy) is 1. The number of hydrogen-bond donors (Lipinski definition) is 1. The van der Waals surface area contributed by atoms with Crippen molar-refractivity contribution in [3.63, 3.8) is 0 Å². The molecule has 1 aromatic carbocycles. The third-order valence-corrected chi connectivity index (χ3v) is 6.31. The highest BCUT2D eigenvalue weighted by molar-refractivity contribution is 7.97. The molecule has 5 nitrogen and oxygen atoms in total. The Kier molecular flexibility index (Phi) is 4.19. The molecular weight excluding hydrogens is 324 g/mol.